The number of hydrogen-bond donors (Lipinski definition) is 1. The molecule has 0 spiro atoms. The number of nitrogens with zero attached hydrogens (tertiary/aromatic N) is 1. The molecule has 0 saturated heterocycles. The second-order valence-electron chi connectivity index (χ2n) is 5.98. The zero-order valence-corrected chi connectivity index (χ0v) is 17.4. The number of hydrogen-bond acceptors (Lipinski definition) is 4. The maximum absolute atomic E-state index is 12.6. The van der Waals surface area contributed by atoms with Crippen LogP contribution in [0.3, 0.4) is 0 Å². The smallest absolute Gasteiger partial charge is 0.261 e. The van der Waals surface area contributed by atoms with Crippen LogP contribution in [0.15, 0.2) is 51.8 Å². The first-order chi connectivity index (χ1) is 12.2. The van der Waals surface area contributed by atoms with Crippen molar-refractivity contribution in [2.45, 2.75) is 24.7 Å². The Hall–Kier alpha value is -1.58. The monoisotopic (exact) mass is 458 g/mol. The van der Waals surface area contributed by atoms with Gasteiger partial charge in [0.1, 0.15) is 0 Å². The summed E-state index contributed by atoms with van der Waals surface area (Å²) in [5.41, 5.74) is 1.79. The molecule has 0 bridgehead atoms. The molecule has 26 heavy (non-hydrogen) atoms. The Labute approximate surface area is 162 Å². The van der Waals surface area contributed by atoms with Crippen LogP contribution in [0.5, 0.6) is 0 Å². The van der Waals surface area contributed by atoms with Crippen LogP contribution < -0.4 is 9.03 Å². The Balaban J connectivity index is 1.96. The zero-order valence-electron chi connectivity index (χ0n) is 14.1. The topological polar surface area (TPSA) is 83.6 Å². The third kappa shape index (κ3) is 3.89. The molecule has 3 rings (SSSR count). The molecule has 0 amide bonds. The Morgan fingerprint density at radius 1 is 1.08 bits per heavy atom. The lowest BCUT2D eigenvalue weighted by molar-refractivity contribution is 0.588. The van der Waals surface area contributed by atoms with E-state index in [0.717, 1.165) is 22.9 Å². The van der Waals surface area contributed by atoms with Gasteiger partial charge < -0.3 is 0 Å². The van der Waals surface area contributed by atoms with Gasteiger partial charge in [0.05, 0.1) is 22.0 Å². The number of fused-ring (bicyclic) bond motifs is 1. The largest absolute Gasteiger partial charge is 0.280 e. The molecule has 0 aliphatic carbocycles. The molecule has 0 atom stereocenters. The third-order valence-corrected chi connectivity index (χ3v) is 7.94. The minimum atomic E-state index is -3.75. The average molecular weight is 459 g/mol. The second kappa shape index (κ2) is 7.21. The molecule has 1 N–H and O–H groups in total. The van der Waals surface area contributed by atoms with Gasteiger partial charge in [-0.1, -0.05) is 22.0 Å². The van der Waals surface area contributed by atoms with E-state index in [1.165, 1.54) is 16.4 Å². The van der Waals surface area contributed by atoms with Crippen molar-refractivity contribution in [3.63, 3.8) is 0 Å². The minimum Gasteiger partial charge on any atom is -0.280 e. The van der Waals surface area contributed by atoms with Crippen LogP contribution in [0, 0.1) is 0 Å². The van der Waals surface area contributed by atoms with Crippen LogP contribution in [0.2, 0.25) is 0 Å². The van der Waals surface area contributed by atoms with Crippen molar-refractivity contribution >= 4 is 47.4 Å². The molecule has 1 aliphatic heterocycles. The quantitative estimate of drug-likeness (QED) is 0.744. The summed E-state index contributed by atoms with van der Waals surface area (Å²) in [5, 5.41) is 0. The van der Waals surface area contributed by atoms with Crippen molar-refractivity contribution in [2.75, 3.05) is 21.3 Å². The number of aryl methyl sites for hydroxylation is 1. The third-order valence-electron chi connectivity index (χ3n) is 4.24. The average Bonchev–Trinajstić information content (AvgIpc) is 2.61. The summed E-state index contributed by atoms with van der Waals surface area (Å²) in [4.78, 5) is 0.136. The molecular formula is C17H19BrN2O4S2. The number of anilines is 2. The summed E-state index contributed by atoms with van der Waals surface area (Å²) in [5.74, 6) is 0.00128. The van der Waals surface area contributed by atoms with E-state index in [4.69, 9.17) is 0 Å². The Morgan fingerprint density at radius 2 is 1.77 bits per heavy atom. The lowest BCUT2D eigenvalue weighted by atomic mass is 10.0. The van der Waals surface area contributed by atoms with Crippen LogP contribution in [0.1, 0.15) is 18.9 Å². The van der Waals surface area contributed by atoms with E-state index in [2.05, 4.69) is 20.7 Å². The maximum Gasteiger partial charge on any atom is 0.261 e. The molecule has 6 nitrogen and oxygen atoms in total. The highest BCUT2D eigenvalue weighted by Gasteiger charge is 2.26. The fourth-order valence-electron chi connectivity index (χ4n) is 2.88. The molecule has 9 heteroatoms. The number of benzene rings is 2. The maximum atomic E-state index is 12.6. The molecule has 1 heterocycles. The molecule has 0 radical (unpaired) electrons. The van der Waals surface area contributed by atoms with Crippen LogP contribution in [-0.2, 0) is 26.5 Å². The Bertz CT molecular complexity index is 1020. The molecule has 0 fully saturated rings. The van der Waals surface area contributed by atoms with E-state index in [1.807, 2.05) is 0 Å². The highest BCUT2D eigenvalue weighted by atomic mass is 79.9. The first-order valence-electron chi connectivity index (χ1n) is 8.15. The lowest BCUT2D eigenvalue weighted by Crippen LogP contribution is -2.36. The highest BCUT2D eigenvalue weighted by molar-refractivity contribution is 9.10. The number of sulfonamides is 2. The van der Waals surface area contributed by atoms with Crippen molar-refractivity contribution in [1.29, 1.82) is 0 Å². The van der Waals surface area contributed by atoms with Crippen molar-refractivity contribution in [3.05, 3.63) is 52.5 Å². The standard InChI is InChI=1S/C17H19BrN2O4S2/c1-2-25(21,22)20-11-3-4-13-5-8-15(12-17(13)20)19-26(23,24)16-9-6-14(18)7-10-16/h5-10,12,19H,2-4,11H2,1H3. The summed E-state index contributed by atoms with van der Waals surface area (Å²) in [7, 11) is -7.16. The first kappa shape index (κ1) is 19.2. The van der Waals surface area contributed by atoms with Crippen molar-refractivity contribution in [1.82, 2.24) is 0 Å². The van der Waals surface area contributed by atoms with E-state index in [1.54, 1.807) is 37.3 Å². The molecule has 2 aromatic carbocycles. The Morgan fingerprint density at radius 3 is 2.42 bits per heavy atom. The fraction of sp³-hybridized carbons (Fsp3) is 0.294. The van der Waals surface area contributed by atoms with Gasteiger partial charge in [0.25, 0.3) is 10.0 Å². The highest BCUT2D eigenvalue weighted by Crippen LogP contribution is 2.33. The van der Waals surface area contributed by atoms with E-state index in [-0.39, 0.29) is 10.6 Å². The van der Waals surface area contributed by atoms with Gasteiger partial charge >= 0.3 is 0 Å². The molecule has 0 saturated carbocycles. The summed E-state index contributed by atoms with van der Waals surface area (Å²) in [6.45, 7) is 2.01. The van der Waals surface area contributed by atoms with Crippen molar-refractivity contribution < 1.29 is 16.8 Å². The van der Waals surface area contributed by atoms with Gasteiger partial charge in [-0.3, -0.25) is 9.03 Å². The molecular weight excluding hydrogens is 440 g/mol. The predicted octanol–water partition coefficient (Wildman–Crippen LogP) is 3.35. The fourth-order valence-corrected chi connectivity index (χ4v) is 5.38. The van der Waals surface area contributed by atoms with E-state index < -0.39 is 20.0 Å². The van der Waals surface area contributed by atoms with Crippen LogP contribution >= 0.6 is 15.9 Å². The Kier molecular flexibility index (Phi) is 5.32. The second-order valence-corrected chi connectivity index (χ2v) is 10.8. The van der Waals surface area contributed by atoms with E-state index in [9.17, 15) is 16.8 Å². The number of nitrogens with one attached hydrogen (secondary N) is 1. The van der Waals surface area contributed by atoms with E-state index >= 15 is 0 Å². The molecule has 140 valence electrons. The van der Waals surface area contributed by atoms with Crippen LogP contribution in [0.25, 0.3) is 0 Å². The summed E-state index contributed by atoms with van der Waals surface area (Å²) in [6, 6.07) is 11.3. The van der Waals surface area contributed by atoms with Gasteiger partial charge in [-0.15, -0.1) is 0 Å². The molecule has 0 unspecified atom stereocenters. The number of halogens is 1. The van der Waals surface area contributed by atoms with Gasteiger partial charge in [0.2, 0.25) is 10.0 Å². The van der Waals surface area contributed by atoms with Gasteiger partial charge in [0, 0.05) is 11.0 Å². The molecule has 0 aromatic heterocycles. The van der Waals surface area contributed by atoms with Gasteiger partial charge in [0.15, 0.2) is 0 Å². The molecule has 2 aromatic rings. The zero-order chi connectivity index (χ0) is 18.9. The first-order valence-corrected chi connectivity index (χ1v) is 12.0. The summed E-state index contributed by atoms with van der Waals surface area (Å²) >= 11 is 3.27. The summed E-state index contributed by atoms with van der Waals surface area (Å²) < 4.78 is 54.5. The van der Waals surface area contributed by atoms with Crippen molar-refractivity contribution in [3.8, 4) is 0 Å². The number of rotatable bonds is 5. The van der Waals surface area contributed by atoms with Gasteiger partial charge in [-0.2, -0.15) is 0 Å². The van der Waals surface area contributed by atoms with Gasteiger partial charge in [-0.05, 0) is 61.7 Å². The van der Waals surface area contributed by atoms with Gasteiger partial charge in [-0.25, -0.2) is 16.8 Å². The SMILES string of the molecule is CCS(=O)(=O)N1CCCc2ccc(NS(=O)(=O)c3ccc(Br)cc3)cc21. The minimum absolute atomic E-state index is 0.00128. The van der Waals surface area contributed by atoms with Crippen molar-refractivity contribution in [2.24, 2.45) is 0 Å². The predicted molar refractivity (Wildman–Crippen MR) is 107 cm³/mol. The summed E-state index contributed by atoms with van der Waals surface area (Å²) in [6.07, 6.45) is 1.51. The van der Waals surface area contributed by atoms with Crippen LogP contribution in [0.4, 0.5) is 11.4 Å². The molecule has 1 aliphatic rings. The lowest BCUT2D eigenvalue weighted by Gasteiger charge is -2.30. The normalized spacial score (nSPS) is 14.8. The van der Waals surface area contributed by atoms with Crippen LogP contribution in [-0.4, -0.2) is 29.1 Å². The van der Waals surface area contributed by atoms with E-state index in [0.29, 0.717) is 17.9 Å².